The molecule has 0 unspecified atom stereocenters. The van der Waals surface area contributed by atoms with Gasteiger partial charge in [-0.1, -0.05) is 23.4 Å². The van der Waals surface area contributed by atoms with Gasteiger partial charge in [-0.2, -0.15) is 0 Å². The van der Waals surface area contributed by atoms with Gasteiger partial charge >= 0.3 is 0 Å². The molecule has 5 rings (SSSR count). The molecular formula is C19H15FN4O2. The van der Waals surface area contributed by atoms with Crippen molar-refractivity contribution in [2.75, 3.05) is 6.54 Å². The van der Waals surface area contributed by atoms with E-state index in [9.17, 15) is 4.39 Å². The highest BCUT2D eigenvalue weighted by atomic mass is 19.1. The largest absolute Gasteiger partial charge is 0.360 e. The minimum Gasteiger partial charge on any atom is -0.360 e. The van der Waals surface area contributed by atoms with Crippen molar-refractivity contribution in [3.63, 3.8) is 0 Å². The van der Waals surface area contributed by atoms with Crippen LogP contribution in [-0.4, -0.2) is 26.9 Å². The maximum absolute atomic E-state index is 14.2. The van der Waals surface area contributed by atoms with Gasteiger partial charge in [-0.3, -0.25) is 4.90 Å². The van der Waals surface area contributed by atoms with E-state index >= 15 is 0 Å². The Morgan fingerprint density at radius 2 is 1.92 bits per heavy atom. The van der Waals surface area contributed by atoms with Crippen LogP contribution < -0.4 is 0 Å². The molecule has 26 heavy (non-hydrogen) atoms. The lowest BCUT2D eigenvalue weighted by molar-refractivity contribution is 0.228. The highest BCUT2D eigenvalue weighted by molar-refractivity contribution is 5.73. The molecule has 0 radical (unpaired) electrons. The van der Waals surface area contributed by atoms with Crippen molar-refractivity contribution in [2.45, 2.75) is 19.5 Å². The number of fused-ring (bicyclic) bond motifs is 2. The first-order valence-corrected chi connectivity index (χ1v) is 8.44. The Hall–Kier alpha value is -3.06. The first kappa shape index (κ1) is 15.2. The van der Waals surface area contributed by atoms with Crippen LogP contribution >= 0.6 is 0 Å². The van der Waals surface area contributed by atoms with Gasteiger partial charge in [0.15, 0.2) is 0 Å². The van der Waals surface area contributed by atoms with Crippen LogP contribution in [0.15, 0.2) is 51.6 Å². The van der Waals surface area contributed by atoms with Gasteiger partial charge in [0, 0.05) is 37.2 Å². The summed E-state index contributed by atoms with van der Waals surface area (Å²) in [5.74, 6) is 0.556. The zero-order valence-corrected chi connectivity index (χ0v) is 13.9. The number of halogens is 1. The number of rotatable bonds is 3. The molecule has 0 N–H and O–H groups in total. The Kier molecular flexibility index (Phi) is 3.53. The Bertz CT molecular complexity index is 1090. The first-order chi connectivity index (χ1) is 12.8. The van der Waals surface area contributed by atoms with Crippen molar-refractivity contribution in [3.05, 3.63) is 65.2 Å². The number of nitrogens with zero attached hydrogens (tertiary/aromatic N) is 4. The van der Waals surface area contributed by atoms with E-state index in [-0.39, 0.29) is 5.82 Å². The molecule has 2 aromatic carbocycles. The van der Waals surface area contributed by atoms with Crippen molar-refractivity contribution in [2.24, 2.45) is 0 Å². The molecule has 0 spiro atoms. The van der Waals surface area contributed by atoms with Gasteiger partial charge in [0.1, 0.15) is 28.3 Å². The summed E-state index contributed by atoms with van der Waals surface area (Å²) in [7, 11) is 0. The highest BCUT2D eigenvalue weighted by Crippen LogP contribution is 2.32. The topological polar surface area (TPSA) is 68.2 Å². The van der Waals surface area contributed by atoms with Crippen LogP contribution in [0.1, 0.15) is 16.9 Å². The third-order valence-electron chi connectivity index (χ3n) is 4.76. The van der Waals surface area contributed by atoms with Gasteiger partial charge in [-0.15, -0.1) is 0 Å². The summed E-state index contributed by atoms with van der Waals surface area (Å²) in [5, 5.41) is 11.9. The predicted octanol–water partition coefficient (Wildman–Crippen LogP) is 3.58. The lowest BCUT2D eigenvalue weighted by Crippen LogP contribution is -2.29. The lowest BCUT2D eigenvalue weighted by Gasteiger charge is -2.26. The van der Waals surface area contributed by atoms with E-state index < -0.39 is 0 Å². The van der Waals surface area contributed by atoms with Crippen LogP contribution in [0.25, 0.3) is 22.3 Å². The number of aromatic nitrogens is 3. The van der Waals surface area contributed by atoms with Crippen molar-refractivity contribution in [1.82, 2.24) is 20.4 Å². The van der Waals surface area contributed by atoms with E-state index in [1.807, 2.05) is 18.2 Å². The van der Waals surface area contributed by atoms with Gasteiger partial charge in [0.2, 0.25) is 0 Å². The third-order valence-corrected chi connectivity index (χ3v) is 4.76. The molecule has 0 saturated carbocycles. The molecule has 4 aromatic rings. The standard InChI is InChI=1S/C19H15FN4O2/c20-15-4-2-1-3-13(15)19-14-11-24(8-7-18(14)25-23-19)10-12-5-6-16-17(9-12)22-26-21-16/h1-6,9H,7-8,10-11H2. The molecule has 0 amide bonds. The predicted molar refractivity (Wildman–Crippen MR) is 91.5 cm³/mol. The van der Waals surface area contributed by atoms with E-state index in [0.29, 0.717) is 17.8 Å². The van der Waals surface area contributed by atoms with E-state index in [4.69, 9.17) is 9.15 Å². The molecular weight excluding hydrogens is 335 g/mol. The Balaban J connectivity index is 1.42. The van der Waals surface area contributed by atoms with Gasteiger partial charge in [-0.05, 0) is 40.1 Å². The summed E-state index contributed by atoms with van der Waals surface area (Å²) in [6.45, 7) is 2.27. The second-order valence-corrected chi connectivity index (χ2v) is 6.46. The number of hydrogen-bond donors (Lipinski definition) is 0. The minimum absolute atomic E-state index is 0.287. The zero-order chi connectivity index (χ0) is 17.5. The maximum Gasteiger partial charge on any atom is 0.143 e. The molecule has 3 heterocycles. The van der Waals surface area contributed by atoms with Crippen molar-refractivity contribution in [3.8, 4) is 11.3 Å². The highest BCUT2D eigenvalue weighted by Gasteiger charge is 2.26. The zero-order valence-electron chi connectivity index (χ0n) is 13.9. The molecule has 1 aliphatic heterocycles. The Labute approximate surface area is 148 Å². The van der Waals surface area contributed by atoms with Crippen molar-refractivity contribution in [1.29, 1.82) is 0 Å². The summed E-state index contributed by atoms with van der Waals surface area (Å²) in [6, 6.07) is 12.6. The van der Waals surface area contributed by atoms with Crippen molar-refractivity contribution >= 4 is 11.0 Å². The van der Waals surface area contributed by atoms with E-state index in [0.717, 1.165) is 47.4 Å². The number of benzene rings is 2. The molecule has 2 aromatic heterocycles. The van der Waals surface area contributed by atoms with Crippen LogP contribution in [0, 0.1) is 5.82 Å². The van der Waals surface area contributed by atoms with Gasteiger partial charge in [0.25, 0.3) is 0 Å². The van der Waals surface area contributed by atoms with Crippen molar-refractivity contribution < 1.29 is 13.5 Å². The second kappa shape index (κ2) is 6.03. The summed E-state index contributed by atoms with van der Waals surface area (Å²) in [5.41, 5.74) is 4.66. The lowest BCUT2D eigenvalue weighted by atomic mass is 10.0. The minimum atomic E-state index is -0.287. The maximum atomic E-state index is 14.2. The summed E-state index contributed by atoms with van der Waals surface area (Å²) in [6.07, 6.45) is 0.755. The molecule has 0 aliphatic carbocycles. The average molecular weight is 350 g/mol. The van der Waals surface area contributed by atoms with Gasteiger partial charge in [0.05, 0.1) is 0 Å². The molecule has 1 aliphatic rings. The molecule has 7 heteroatoms. The van der Waals surface area contributed by atoms with Gasteiger partial charge in [-0.25, -0.2) is 9.02 Å². The van der Waals surface area contributed by atoms with Crippen LogP contribution in [-0.2, 0) is 19.5 Å². The average Bonchev–Trinajstić information content (AvgIpc) is 3.28. The summed E-state index contributed by atoms with van der Waals surface area (Å²) < 4.78 is 24.4. The molecule has 0 atom stereocenters. The molecule has 130 valence electrons. The van der Waals surface area contributed by atoms with E-state index in [2.05, 4.69) is 20.4 Å². The number of hydrogen-bond acceptors (Lipinski definition) is 6. The smallest absolute Gasteiger partial charge is 0.143 e. The van der Waals surface area contributed by atoms with Crippen LogP contribution in [0.4, 0.5) is 4.39 Å². The molecule has 6 nitrogen and oxygen atoms in total. The fourth-order valence-corrected chi connectivity index (χ4v) is 3.45. The van der Waals surface area contributed by atoms with Crippen LogP contribution in [0.2, 0.25) is 0 Å². The summed E-state index contributed by atoms with van der Waals surface area (Å²) in [4.78, 5) is 2.29. The quantitative estimate of drug-likeness (QED) is 0.563. The molecule has 0 bridgehead atoms. The summed E-state index contributed by atoms with van der Waals surface area (Å²) >= 11 is 0. The fraction of sp³-hybridized carbons (Fsp3) is 0.211. The Morgan fingerprint density at radius 1 is 1.04 bits per heavy atom. The van der Waals surface area contributed by atoms with E-state index in [1.54, 1.807) is 18.2 Å². The SMILES string of the molecule is Fc1ccccc1-c1noc2c1CN(Cc1ccc3nonc3c1)CC2. The van der Waals surface area contributed by atoms with Crippen LogP contribution in [0.5, 0.6) is 0 Å². The van der Waals surface area contributed by atoms with Crippen LogP contribution in [0.3, 0.4) is 0 Å². The monoisotopic (exact) mass is 350 g/mol. The first-order valence-electron chi connectivity index (χ1n) is 8.44. The fourth-order valence-electron chi connectivity index (χ4n) is 3.45. The normalized spacial score (nSPS) is 14.7. The Morgan fingerprint density at radius 3 is 2.85 bits per heavy atom. The second-order valence-electron chi connectivity index (χ2n) is 6.46. The van der Waals surface area contributed by atoms with Gasteiger partial charge < -0.3 is 4.52 Å². The molecule has 0 fully saturated rings. The molecule has 0 saturated heterocycles. The third kappa shape index (κ3) is 2.57. The van der Waals surface area contributed by atoms with E-state index in [1.165, 1.54) is 6.07 Å².